The molecule has 1 amide bonds. The molecule has 0 unspecified atom stereocenters. The van der Waals surface area contributed by atoms with E-state index in [-0.39, 0.29) is 18.0 Å². The van der Waals surface area contributed by atoms with Crippen LogP contribution in [0.1, 0.15) is 10.4 Å². The zero-order chi connectivity index (χ0) is 15.5. The summed E-state index contributed by atoms with van der Waals surface area (Å²) < 4.78 is 5.60. The molecule has 2 saturated heterocycles. The molecule has 3 heterocycles. The van der Waals surface area contributed by atoms with E-state index in [1.54, 1.807) is 6.07 Å². The molecular weight excluding hydrogens is 304 g/mol. The molecule has 1 N–H and O–H groups in total. The van der Waals surface area contributed by atoms with Gasteiger partial charge >= 0.3 is 0 Å². The lowest BCUT2D eigenvalue weighted by Crippen LogP contribution is -2.56. The summed E-state index contributed by atoms with van der Waals surface area (Å²) in [6, 6.07) is 1.88. The number of nitrogens with zero attached hydrogens (tertiary/aromatic N) is 3. The van der Waals surface area contributed by atoms with E-state index in [1.165, 1.54) is 12.4 Å². The van der Waals surface area contributed by atoms with Crippen LogP contribution in [0.4, 0.5) is 0 Å². The third-order valence-electron chi connectivity index (χ3n) is 4.34. The Morgan fingerprint density at radius 2 is 2.09 bits per heavy atom. The first kappa shape index (κ1) is 15.7. The standard InChI is InChI=1S/C15H21ClN4O2/c1-19-2-4-20(5-3-19)14-10-22-9-13(14)18-15(21)11-6-12(16)8-17-7-11/h6-8,13-14H,2-5,9-10H2,1H3,(H,18,21)/t13-,14-/m0/s1. The first-order chi connectivity index (χ1) is 10.6. The predicted octanol–water partition coefficient (Wildman–Crippen LogP) is 0.480. The second-order valence-electron chi connectivity index (χ2n) is 5.92. The van der Waals surface area contributed by atoms with Crippen molar-refractivity contribution in [2.24, 2.45) is 0 Å². The number of hydrogen-bond acceptors (Lipinski definition) is 5. The van der Waals surface area contributed by atoms with Crippen molar-refractivity contribution in [2.75, 3.05) is 46.4 Å². The van der Waals surface area contributed by atoms with Gasteiger partial charge in [0.1, 0.15) is 0 Å². The summed E-state index contributed by atoms with van der Waals surface area (Å²) in [4.78, 5) is 21.0. The molecule has 2 atom stereocenters. The van der Waals surface area contributed by atoms with Crippen LogP contribution in [-0.2, 0) is 4.74 Å². The highest BCUT2D eigenvalue weighted by atomic mass is 35.5. The fraction of sp³-hybridized carbons (Fsp3) is 0.600. The molecule has 22 heavy (non-hydrogen) atoms. The van der Waals surface area contributed by atoms with E-state index >= 15 is 0 Å². The van der Waals surface area contributed by atoms with Gasteiger partial charge in [-0.3, -0.25) is 14.7 Å². The minimum atomic E-state index is -0.148. The number of pyridine rings is 1. The maximum atomic E-state index is 12.3. The Morgan fingerprint density at radius 3 is 2.82 bits per heavy atom. The van der Waals surface area contributed by atoms with Crippen molar-refractivity contribution in [3.63, 3.8) is 0 Å². The Bertz CT molecular complexity index is 534. The molecule has 0 saturated carbocycles. The zero-order valence-electron chi connectivity index (χ0n) is 12.7. The van der Waals surface area contributed by atoms with Crippen molar-refractivity contribution in [1.82, 2.24) is 20.1 Å². The zero-order valence-corrected chi connectivity index (χ0v) is 13.4. The Labute approximate surface area is 135 Å². The fourth-order valence-corrected chi connectivity index (χ4v) is 3.16. The van der Waals surface area contributed by atoms with Gasteiger partial charge in [0.05, 0.1) is 35.9 Å². The van der Waals surface area contributed by atoms with Crippen LogP contribution in [0.25, 0.3) is 0 Å². The van der Waals surface area contributed by atoms with E-state index in [0.717, 1.165) is 26.2 Å². The highest BCUT2D eigenvalue weighted by Crippen LogP contribution is 2.16. The number of ether oxygens (including phenoxy) is 1. The van der Waals surface area contributed by atoms with Gasteiger partial charge in [-0.15, -0.1) is 0 Å². The fourth-order valence-electron chi connectivity index (χ4n) is 2.98. The third-order valence-corrected chi connectivity index (χ3v) is 4.55. The van der Waals surface area contributed by atoms with Crippen molar-refractivity contribution in [3.05, 3.63) is 29.0 Å². The number of carbonyl (C=O) groups is 1. The number of amides is 1. The van der Waals surface area contributed by atoms with Crippen molar-refractivity contribution in [1.29, 1.82) is 0 Å². The van der Waals surface area contributed by atoms with Gasteiger partial charge < -0.3 is 15.0 Å². The minimum Gasteiger partial charge on any atom is -0.378 e. The highest BCUT2D eigenvalue weighted by Gasteiger charge is 2.35. The molecule has 1 aromatic heterocycles. The second-order valence-corrected chi connectivity index (χ2v) is 6.35. The Kier molecular flexibility index (Phi) is 4.93. The second kappa shape index (κ2) is 6.91. The summed E-state index contributed by atoms with van der Waals surface area (Å²) in [6.07, 6.45) is 3.05. The van der Waals surface area contributed by atoms with E-state index in [0.29, 0.717) is 23.8 Å². The normalized spacial score (nSPS) is 27.0. The first-order valence-electron chi connectivity index (χ1n) is 7.55. The summed E-state index contributed by atoms with van der Waals surface area (Å²) in [6.45, 7) is 5.34. The first-order valence-corrected chi connectivity index (χ1v) is 7.93. The van der Waals surface area contributed by atoms with E-state index in [4.69, 9.17) is 16.3 Å². The van der Waals surface area contributed by atoms with Crippen LogP contribution in [0.15, 0.2) is 18.5 Å². The highest BCUT2D eigenvalue weighted by molar-refractivity contribution is 6.30. The van der Waals surface area contributed by atoms with Crippen LogP contribution in [0.2, 0.25) is 5.02 Å². The summed E-state index contributed by atoms with van der Waals surface area (Å²) >= 11 is 5.89. The SMILES string of the molecule is CN1CCN([C@H]2COC[C@@H]2NC(=O)c2cncc(Cl)c2)CC1. The topological polar surface area (TPSA) is 57.7 Å². The van der Waals surface area contributed by atoms with Crippen molar-refractivity contribution < 1.29 is 9.53 Å². The minimum absolute atomic E-state index is 0.00916. The van der Waals surface area contributed by atoms with Crippen LogP contribution < -0.4 is 5.32 Å². The van der Waals surface area contributed by atoms with Crippen LogP contribution >= 0.6 is 11.6 Å². The van der Waals surface area contributed by atoms with Crippen molar-refractivity contribution in [2.45, 2.75) is 12.1 Å². The Hall–Kier alpha value is -1.21. The van der Waals surface area contributed by atoms with E-state index in [2.05, 4.69) is 27.1 Å². The molecule has 2 aliphatic rings. The number of nitrogens with one attached hydrogen (secondary N) is 1. The third kappa shape index (κ3) is 3.57. The number of carbonyl (C=O) groups excluding carboxylic acids is 1. The van der Waals surface area contributed by atoms with Gasteiger partial charge in [0.2, 0.25) is 0 Å². The summed E-state index contributed by atoms with van der Waals surface area (Å²) in [5, 5.41) is 3.53. The number of likely N-dealkylation sites (N-methyl/N-ethyl adjacent to an activating group) is 1. The Balaban J connectivity index is 1.62. The van der Waals surface area contributed by atoms with Gasteiger partial charge in [0.15, 0.2) is 0 Å². The predicted molar refractivity (Wildman–Crippen MR) is 84.2 cm³/mol. The number of halogens is 1. The summed E-state index contributed by atoms with van der Waals surface area (Å²) in [5.74, 6) is -0.148. The van der Waals surface area contributed by atoms with Crippen LogP contribution in [0, 0.1) is 0 Å². The molecule has 0 radical (unpaired) electrons. The monoisotopic (exact) mass is 324 g/mol. The Morgan fingerprint density at radius 1 is 1.32 bits per heavy atom. The summed E-state index contributed by atoms with van der Waals surface area (Å²) in [5.41, 5.74) is 0.483. The lowest BCUT2D eigenvalue weighted by atomic mass is 10.1. The molecule has 7 heteroatoms. The molecule has 3 rings (SSSR count). The molecule has 0 bridgehead atoms. The van der Waals surface area contributed by atoms with Gasteiger partial charge in [-0.05, 0) is 13.1 Å². The number of aromatic nitrogens is 1. The molecule has 6 nitrogen and oxygen atoms in total. The van der Waals surface area contributed by atoms with Gasteiger partial charge in [0.25, 0.3) is 5.91 Å². The maximum Gasteiger partial charge on any atom is 0.253 e. The number of piperazine rings is 1. The van der Waals surface area contributed by atoms with E-state index < -0.39 is 0 Å². The van der Waals surface area contributed by atoms with Crippen LogP contribution in [-0.4, -0.2) is 79.2 Å². The lowest BCUT2D eigenvalue weighted by Gasteiger charge is -2.38. The molecule has 1 aromatic rings. The number of rotatable bonds is 3. The summed E-state index contributed by atoms with van der Waals surface area (Å²) in [7, 11) is 2.13. The molecular formula is C15H21ClN4O2. The van der Waals surface area contributed by atoms with Crippen molar-refractivity contribution in [3.8, 4) is 0 Å². The molecule has 2 fully saturated rings. The number of hydrogen-bond donors (Lipinski definition) is 1. The molecule has 0 aromatic carbocycles. The average molecular weight is 325 g/mol. The van der Waals surface area contributed by atoms with E-state index in [1.807, 2.05) is 0 Å². The smallest absolute Gasteiger partial charge is 0.253 e. The van der Waals surface area contributed by atoms with Gasteiger partial charge in [-0.1, -0.05) is 11.6 Å². The maximum absolute atomic E-state index is 12.3. The van der Waals surface area contributed by atoms with Crippen molar-refractivity contribution >= 4 is 17.5 Å². The molecule has 0 spiro atoms. The van der Waals surface area contributed by atoms with Crippen LogP contribution in [0.3, 0.4) is 0 Å². The van der Waals surface area contributed by atoms with Gasteiger partial charge in [-0.25, -0.2) is 0 Å². The molecule has 0 aliphatic carbocycles. The van der Waals surface area contributed by atoms with Gasteiger partial charge in [0, 0.05) is 38.6 Å². The molecule has 120 valence electrons. The lowest BCUT2D eigenvalue weighted by molar-refractivity contribution is 0.0829. The van der Waals surface area contributed by atoms with E-state index in [9.17, 15) is 4.79 Å². The molecule has 2 aliphatic heterocycles. The average Bonchev–Trinajstić information content (AvgIpc) is 2.96. The largest absolute Gasteiger partial charge is 0.378 e. The quantitative estimate of drug-likeness (QED) is 0.876. The van der Waals surface area contributed by atoms with Gasteiger partial charge in [-0.2, -0.15) is 0 Å². The van der Waals surface area contributed by atoms with Crippen LogP contribution in [0.5, 0.6) is 0 Å².